The summed E-state index contributed by atoms with van der Waals surface area (Å²) in [6, 6.07) is 0.566. The lowest BCUT2D eigenvalue weighted by Crippen LogP contribution is -2.53. The van der Waals surface area contributed by atoms with Crippen molar-refractivity contribution in [2.75, 3.05) is 44.8 Å². The highest BCUT2D eigenvalue weighted by Gasteiger charge is 2.41. The van der Waals surface area contributed by atoms with E-state index < -0.39 is 5.60 Å². The van der Waals surface area contributed by atoms with Crippen LogP contribution in [0.2, 0.25) is 0 Å². The maximum absolute atomic E-state index is 10.6. The van der Waals surface area contributed by atoms with Gasteiger partial charge in [0, 0.05) is 25.7 Å². The molecule has 20 heavy (non-hydrogen) atoms. The average Bonchev–Trinajstić information content (AvgIpc) is 2.86. The van der Waals surface area contributed by atoms with Crippen molar-refractivity contribution in [3.8, 4) is 0 Å². The van der Waals surface area contributed by atoms with Crippen LogP contribution in [0.5, 0.6) is 0 Å². The molecule has 0 aromatic heterocycles. The Morgan fingerprint density at radius 2 is 2.15 bits per heavy atom. The van der Waals surface area contributed by atoms with Crippen LogP contribution < -0.4 is 5.32 Å². The van der Waals surface area contributed by atoms with Gasteiger partial charge in [-0.25, -0.2) is 0 Å². The predicted molar refractivity (Wildman–Crippen MR) is 83.3 cm³/mol. The van der Waals surface area contributed by atoms with E-state index in [2.05, 4.69) is 29.0 Å². The van der Waals surface area contributed by atoms with Gasteiger partial charge in [-0.1, -0.05) is 0 Å². The van der Waals surface area contributed by atoms with E-state index in [9.17, 15) is 5.11 Å². The summed E-state index contributed by atoms with van der Waals surface area (Å²) in [6.07, 6.45) is 5.53. The molecule has 3 rings (SSSR count). The summed E-state index contributed by atoms with van der Waals surface area (Å²) in [6.45, 7) is 3.35. The van der Waals surface area contributed by atoms with Gasteiger partial charge in [-0.15, -0.1) is 0 Å². The number of nitrogens with one attached hydrogen (secondary N) is 1. The van der Waals surface area contributed by atoms with Gasteiger partial charge in [0.15, 0.2) is 0 Å². The Labute approximate surface area is 126 Å². The zero-order valence-electron chi connectivity index (χ0n) is 12.6. The second kappa shape index (κ2) is 6.13. The molecular formula is C15H28N2O2S. The average molecular weight is 300 g/mol. The number of hydrogen-bond acceptors (Lipinski definition) is 5. The molecule has 3 aliphatic heterocycles. The van der Waals surface area contributed by atoms with Crippen LogP contribution in [-0.2, 0) is 4.74 Å². The Balaban J connectivity index is 1.58. The minimum atomic E-state index is -0.525. The normalized spacial score (nSPS) is 37.6. The third-order valence-corrected chi connectivity index (χ3v) is 6.24. The van der Waals surface area contributed by atoms with E-state index in [1.807, 2.05) is 0 Å². The fraction of sp³-hybridized carbons (Fsp3) is 1.00. The maximum Gasteiger partial charge on any atom is 0.0909 e. The molecule has 0 amide bonds. The molecule has 0 aliphatic carbocycles. The predicted octanol–water partition coefficient (Wildman–Crippen LogP) is 1.09. The number of β-amino-alcohol motifs (C(OH)–C–C–N with tert-alkyl or cyclic N) is 1. The van der Waals surface area contributed by atoms with Gasteiger partial charge >= 0.3 is 0 Å². The van der Waals surface area contributed by atoms with Crippen LogP contribution in [0.4, 0.5) is 0 Å². The van der Waals surface area contributed by atoms with E-state index >= 15 is 0 Å². The van der Waals surface area contributed by atoms with E-state index in [1.54, 1.807) is 0 Å². The standard InChI is InChI=1S/C15H28N2O2S/c1-17(12-14(18)3-6-16-11-14)13-2-7-19-15(10-13)4-8-20-9-5-15/h13,16,18H,2-12H2,1H3. The first-order valence-electron chi connectivity index (χ1n) is 7.96. The number of thioether (sulfide) groups is 1. The van der Waals surface area contributed by atoms with Gasteiger partial charge in [0.25, 0.3) is 0 Å². The molecule has 3 heterocycles. The van der Waals surface area contributed by atoms with Crippen molar-refractivity contribution in [1.29, 1.82) is 0 Å². The minimum Gasteiger partial charge on any atom is -0.387 e. The lowest BCUT2D eigenvalue weighted by molar-refractivity contribution is -0.114. The van der Waals surface area contributed by atoms with Crippen LogP contribution in [0.15, 0.2) is 0 Å². The monoisotopic (exact) mass is 300 g/mol. The first-order chi connectivity index (χ1) is 9.61. The molecule has 0 aromatic carbocycles. The van der Waals surface area contributed by atoms with E-state index in [-0.39, 0.29) is 5.60 Å². The fourth-order valence-electron chi connectivity index (χ4n) is 3.93. The van der Waals surface area contributed by atoms with Gasteiger partial charge in [-0.3, -0.25) is 0 Å². The van der Waals surface area contributed by atoms with Crippen LogP contribution in [0.25, 0.3) is 0 Å². The molecule has 3 aliphatic rings. The molecule has 1 spiro atoms. The van der Waals surface area contributed by atoms with Crippen LogP contribution in [0.3, 0.4) is 0 Å². The zero-order chi connectivity index (χ0) is 14.1. The number of rotatable bonds is 3. The molecular weight excluding hydrogens is 272 g/mol. The maximum atomic E-state index is 10.6. The number of likely N-dealkylation sites (N-methyl/N-ethyl adjacent to an activating group) is 1. The van der Waals surface area contributed by atoms with Crippen molar-refractivity contribution < 1.29 is 9.84 Å². The molecule has 0 bridgehead atoms. The van der Waals surface area contributed by atoms with Crippen molar-refractivity contribution in [1.82, 2.24) is 10.2 Å². The first kappa shape index (κ1) is 15.1. The molecule has 2 atom stereocenters. The van der Waals surface area contributed by atoms with Gasteiger partial charge in [0.05, 0.1) is 11.2 Å². The third kappa shape index (κ3) is 3.33. The lowest BCUT2D eigenvalue weighted by Gasteiger charge is -2.46. The van der Waals surface area contributed by atoms with Gasteiger partial charge in [-0.05, 0) is 57.2 Å². The fourth-order valence-corrected chi connectivity index (χ4v) is 5.17. The largest absolute Gasteiger partial charge is 0.387 e. The summed E-state index contributed by atoms with van der Waals surface area (Å²) in [7, 11) is 2.18. The smallest absolute Gasteiger partial charge is 0.0909 e. The summed E-state index contributed by atoms with van der Waals surface area (Å²) >= 11 is 2.06. The third-order valence-electron chi connectivity index (χ3n) is 5.26. The lowest BCUT2D eigenvalue weighted by atomic mass is 9.84. The summed E-state index contributed by atoms with van der Waals surface area (Å²) in [5.41, 5.74) is -0.387. The van der Waals surface area contributed by atoms with Gasteiger partial charge < -0.3 is 20.1 Å². The molecule has 5 heteroatoms. The molecule has 4 nitrogen and oxygen atoms in total. The van der Waals surface area contributed by atoms with E-state index in [0.717, 1.165) is 45.5 Å². The van der Waals surface area contributed by atoms with Crippen LogP contribution in [0, 0.1) is 0 Å². The van der Waals surface area contributed by atoms with Gasteiger partial charge in [0.2, 0.25) is 0 Å². The first-order valence-corrected chi connectivity index (χ1v) is 9.12. The van der Waals surface area contributed by atoms with Gasteiger partial charge in [0.1, 0.15) is 0 Å². The second-order valence-corrected chi connectivity index (χ2v) is 8.08. The highest BCUT2D eigenvalue weighted by atomic mass is 32.2. The zero-order valence-corrected chi connectivity index (χ0v) is 13.4. The van der Waals surface area contributed by atoms with Crippen molar-refractivity contribution in [2.45, 2.75) is 49.3 Å². The summed E-state index contributed by atoms with van der Waals surface area (Å²) < 4.78 is 6.17. The molecule has 3 saturated heterocycles. The number of aliphatic hydroxyl groups is 1. The highest BCUT2D eigenvalue weighted by molar-refractivity contribution is 7.99. The van der Waals surface area contributed by atoms with E-state index in [0.29, 0.717) is 6.04 Å². The van der Waals surface area contributed by atoms with Crippen LogP contribution in [0.1, 0.15) is 32.1 Å². The SMILES string of the molecule is CN(CC1(O)CCNC1)C1CCOC2(CCSCC2)C1. The molecule has 3 fully saturated rings. The number of ether oxygens (including phenoxy) is 1. The van der Waals surface area contributed by atoms with Crippen molar-refractivity contribution in [3.05, 3.63) is 0 Å². The van der Waals surface area contributed by atoms with Crippen molar-refractivity contribution in [3.63, 3.8) is 0 Å². The molecule has 2 N–H and O–H groups in total. The number of hydrogen-bond donors (Lipinski definition) is 2. The Kier molecular flexibility index (Phi) is 4.63. The van der Waals surface area contributed by atoms with Crippen molar-refractivity contribution >= 4 is 11.8 Å². The molecule has 0 radical (unpaired) electrons. The summed E-state index contributed by atoms with van der Waals surface area (Å²) in [5.74, 6) is 2.48. The Bertz CT molecular complexity index is 322. The van der Waals surface area contributed by atoms with E-state index in [4.69, 9.17) is 4.74 Å². The highest BCUT2D eigenvalue weighted by Crippen LogP contribution is 2.39. The Morgan fingerprint density at radius 1 is 1.35 bits per heavy atom. The van der Waals surface area contributed by atoms with Crippen LogP contribution >= 0.6 is 11.8 Å². The molecule has 116 valence electrons. The molecule has 0 aromatic rings. The quantitative estimate of drug-likeness (QED) is 0.817. The van der Waals surface area contributed by atoms with Gasteiger partial charge in [-0.2, -0.15) is 11.8 Å². The summed E-state index contributed by atoms with van der Waals surface area (Å²) in [5, 5.41) is 13.8. The molecule has 0 saturated carbocycles. The van der Waals surface area contributed by atoms with Crippen molar-refractivity contribution in [2.24, 2.45) is 0 Å². The topological polar surface area (TPSA) is 44.7 Å². The van der Waals surface area contributed by atoms with E-state index in [1.165, 1.54) is 24.3 Å². The second-order valence-electron chi connectivity index (χ2n) is 6.86. The minimum absolute atomic E-state index is 0.138. The Morgan fingerprint density at radius 3 is 2.85 bits per heavy atom. The summed E-state index contributed by atoms with van der Waals surface area (Å²) in [4.78, 5) is 2.39. The number of nitrogens with zero attached hydrogens (tertiary/aromatic N) is 1. The van der Waals surface area contributed by atoms with Crippen LogP contribution in [-0.4, -0.2) is 72.0 Å². The molecule has 2 unspecified atom stereocenters. The Hall–Kier alpha value is 0.190.